The van der Waals surface area contributed by atoms with Gasteiger partial charge in [0, 0.05) is 17.8 Å². The smallest absolute Gasteiger partial charge is 0.183 e. The Morgan fingerprint density at radius 1 is 1.03 bits per heavy atom. The first-order valence-corrected chi connectivity index (χ1v) is 11.8. The Hall–Kier alpha value is -4.77. The first-order chi connectivity index (χ1) is 17.7. The minimum absolute atomic E-state index is 0.402. The summed E-state index contributed by atoms with van der Waals surface area (Å²) in [5.41, 5.74) is 5.17. The third-order valence-electron chi connectivity index (χ3n) is 5.93. The van der Waals surface area contributed by atoms with Crippen LogP contribution in [0.15, 0.2) is 73.2 Å². The van der Waals surface area contributed by atoms with Crippen molar-refractivity contribution < 1.29 is 4.74 Å². The average molecular weight is 476 g/mol. The van der Waals surface area contributed by atoms with Gasteiger partial charge >= 0.3 is 0 Å². The zero-order chi connectivity index (χ0) is 24.9. The number of aromatic nitrogens is 5. The minimum Gasteiger partial charge on any atom is -0.491 e. The lowest BCUT2D eigenvalue weighted by Crippen LogP contribution is -2.04. The van der Waals surface area contributed by atoms with E-state index in [1.165, 1.54) is 17.3 Å². The molecule has 0 fully saturated rings. The molecule has 3 aromatic heterocycles. The van der Waals surface area contributed by atoms with Gasteiger partial charge in [0.15, 0.2) is 17.4 Å². The lowest BCUT2D eigenvalue weighted by atomic mass is 10.1. The number of anilines is 2. The van der Waals surface area contributed by atoms with Gasteiger partial charge in [-0.25, -0.2) is 9.97 Å². The number of benzene rings is 2. The van der Waals surface area contributed by atoms with Crippen LogP contribution in [0.3, 0.4) is 0 Å². The zero-order valence-corrected chi connectivity index (χ0v) is 20.1. The van der Waals surface area contributed by atoms with Crippen LogP contribution in [0, 0.1) is 11.3 Å². The highest BCUT2D eigenvalue weighted by Gasteiger charge is 2.18. The van der Waals surface area contributed by atoms with Crippen LogP contribution in [0.25, 0.3) is 22.4 Å². The van der Waals surface area contributed by atoms with Crippen LogP contribution in [0.4, 0.5) is 11.5 Å². The number of nitrogens with zero attached hydrogens (tertiary/aromatic N) is 6. The van der Waals surface area contributed by atoms with Crippen LogP contribution < -0.4 is 10.1 Å². The van der Waals surface area contributed by atoms with Crippen LogP contribution in [-0.4, -0.2) is 31.8 Å². The van der Waals surface area contributed by atoms with Gasteiger partial charge in [0.2, 0.25) is 0 Å². The molecule has 3 heterocycles. The van der Waals surface area contributed by atoms with Gasteiger partial charge in [-0.05, 0) is 29.7 Å². The van der Waals surface area contributed by atoms with E-state index in [-0.39, 0.29) is 0 Å². The van der Waals surface area contributed by atoms with Gasteiger partial charge in [-0.2, -0.15) is 10.4 Å². The predicted molar refractivity (Wildman–Crippen MR) is 139 cm³/mol. The number of nitriles is 1. The molecule has 0 saturated carbocycles. The number of ether oxygens (including phenoxy) is 1. The monoisotopic (exact) mass is 475 g/mol. The molecule has 1 N–H and O–H groups in total. The highest BCUT2D eigenvalue weighted by Crippen LogP contribution is 2.31. The summed E-state index contributed by atoms with van der Waals surface area (Å²) in [6.07, 6.45) is 6.93. The third-order valence-corrected chi connectivity index (χ3v) is 5.93. The molecule has 178 valence electrons. The van der Waals surface area contributed by atoms with E-state index < -0.39 is 0 Å². The van der Waals surface area contributed by atoms with Crippen LogP contribution in [0.1, 0.15) is 30.0 Å². The molecular formula is C28H25N7O. The van der Waals surface area contributed by atoms with E-state index in [2.05, 4.69) is 58.6 Å². The summed E-state index contributed by atoms with van der Waals surface area (Å²) in [6, 6.07) is 20.6. The van der Waals surface area contributed by atoms with Gasteiger partial charge in [0.05, 0.1) is 36.6 Å². The van der Waals surface area contributed by atoms with Gasteiger partial charge in [0.25, 0.3) is 0 Å². The molecule has 0 unspecified atom stereocenters. The largest absolute Gasteiger partial charge is 0.491 e. The summed E-state index contributed by atoms with van der Waals surface area (Å²) in [4.78, 5) is 13.3. The van der Waals surface area contributed by atoms with Crippen molar-refractivity contribution in [3.05, 3.63) is 89.9 Å². The van der Waals surface area contributed by atoms with Gasteiger partial charge in [-0.3, -0.25) is 9.67 Å². The number of fused-ring (bicyclic) bond motifs is 1. The Kier molecular flexibility index (Phi) is 6.54. The topological polar surface area (TPSA) is 102 Å². The SMILES string of the molecule is CCCc1ccc(Cn2nc(-c3ncc(OC)c(Nc4ccncc4C#N)n3)c3ccccc32)cc1. The Morgan fingerprint density at radius 2 is 1.83 bits per heavy atom. The second kappa shape index (κ2) is 10.2. The lowest BCUT2D eigenvalue weighted by Gasteiger charge is -2.11. The number of pyridine rings is 1. The molecule has 0 radical (unpaired) electrons. The minimum atomic E-state index is 0.402. The summed E-state index contributed by atoms with van der Waals surface area (Å²) in [7, 11) is 1.55. The molecule has 0 bridgehead atoms. The van der Waals surface area contributed by atoms with Crippen LogP contribution in [-0.2, 0) is 13.0 Å². The van der Waals surface area contributed by atoms with Gasteiger partial charge in [0.1, 0.15) is 11.8 Å². The third kappa shape index (κ3) is 4.59. The maximum atomic E-state index is 9.43. The van der Waals surface area contributed by atoms with Crippen molar-refractivity contribution >= 4 is 22.4 Å². The van der Waals surface area contributed by atoms with Crippen LogP contribution >= 0.6 is 0 Å². The standard InChI is InChI=1S/C28H25N7O/c1-3-6-19-9-11-20(12-10-19)18-35-24-8-5-4-7-22(24)26(34-35)28-31-17-25(36-2)27(33-28)32-23-13-14-30-16-21(23)15-29/h4-5,7-14,16-17H,3,6,18H2,1-2H3,(H,30,31,32,33). The highest BCUT2D eigenvalue weighted by molar-refractivity contribution is 5.92. The molecule has 36 heavy (non-hydrogen) atoms. The van der Waals surface area contributed by atoms with Crippen molar-refractivity contribution in [2.45, 2.75) is 26.3 Å². The molecule has 0 amide bonds. The Morgan fingerprint density at radius 3 is 2.61 bits per heavy atom. The van der Waals surface area contributed by atoms with Crippen molar-refractivity contribution in [2.75, 3.05) is 12.4 Å². The molecule has 8 heteroatoms. The fourth-order valence-corrected chi connectivity index (χ4v) is 4.13. The second-order valence-corrected chi connectivity index (χ2v) is 8.36. The molecule has 0 saturated heterocycles. The Labute approximate surface area is 209 Å². The summed E-state index contributed by atoms with van der Waals surface area (Å²) in [5.74, 6) is 1.35. The zero-order valence-electron chi connectivity index (χ0n) is 20.1. The number of rotatable bonds is 8. The number of nitrogens with one attached hydrogen (secondary N) is 1. The number of aryl methyl sites for hydroxylation is 1. The van der Waals surface area contributed by atoms with E-state index >= 15 is 0 Å². The van der Waals surface area contributed by atoms with E-state index in [1.54, 1.807) is 25.6 Å². The predicted octanol–water partition coefficient (Wildman–Crippen LogP) is 5.51. The molecule has 0 aliphatic rings. The Bertz CT molecular complexity index is 1550. The second-order valence-electron chi connectivity index (χ2n) is 8.36. The normalized spacial score (nSPS) is 10.8. The quantitative estimate of drug-likeness (QED) is 0.316. The van der Waals surface area contributed by atoms with Gasteiger partial charge in [-0.15, -0.1) is 0 Å². The molecule has 0 aliphatic carbocycles. The maximum absolute atomic E-state index is 9.43. The first-order valence-electron chi connectivity index (χ1n) is 11.8. The Balaban J connectivity index is 1.53. The number of hydrogen-bond donors (Lipinski definition) is 1. The van der Waals surface area contributed by atoms with E-state index in [0.29, 0.717) is 40.9 Å². The van der Waals surface area contributed by atoms with E-state index in [0.717, 1.165) is 23.7 Å². The molecule has 0 spiro atoms. The summed E-state index contributed by atoms with van der Waals surface area (Å²) in [6.45, 7) is 2.82. The van der Waals surface area contributed by atoms with Crippen molar-refractivity contribution in [1.29, 1.82) is 5.26 Å². The summed E-state index contributed by atoms with van der Waals surface area (Å²) >= 11 is 0. The molecular weight excluding hydrogens is 450 g/mol. The number of hydrogen-bond acceptors (Lipinski definition) is 7. The number of para-hydroxylation sites is 1. The van der Waals surface area contributed by atoms with E-state index in [4.69, 9.17) is 14.8 Å². The highest BCUT2D eigenvalue weighted by atomic mass is 16.5. The molecule has 2 aromatic carbocycles. The summed E-state index contributed by atoms with van der Waals surface area (Å²) < 4.78 is 7.45. The van der Waals surface area contributed by atoms with Crippen molar-refractivity contribution in [3.8, 4) is 23.3 Å². The fourth-order valence-electron chi connectivity index (χ4n) is 4.13. The van der Waals surface area contributed by atoms with Crippen LogP contribution in [0.2, 0.25) is 0 Å². The van der Waals surface area contributed by atoms with Crippen molar-refractivity contribution in [1.82, 2.24) is 24.7 Å². The number of methoxy groups -OCH3 is 1. The van der Waals surface area contributed by atoms with Gasteiger partial charge in [-0.1, -0.05) is 55.8 Å². The molecule has 0 aliphatic heterocycles. The fraction of sp³-hybridized carbons (Fsp3) is 0.179. The first kappa shape index (κ1) is 23.0. The van der Waals surface area contributed by atoms with E-state index in [1.807, 2.05) is 22.9 Å². The van der Waals surface area contributed by atoms with Crippen molar-refractivity contribution in [2.24, 2.45) is 0 Å². The van der Waals surface area contributed by atoms with Crippen molar-refractivity contribution in [3.63, 3.8) is 0 Å². The molecule has 0 atom stereocenters. The molecule has 5 rings (SSSR count). The average Bonchev–Trinajstić information content (AvgIpc) is 3.28. The molecule has 8 nitrogen and oxygen atoms in total. The van der Waals surface area contributed by atoms with Gasteiger partial charge < -0.3 is 10.1 Å². The van der Waals surface area contributed by atoms with Crippen LogP contribution in [0.5, 0.6) is 5.75 Å². The lowest BCUT2D eigenvalue weighted by molar-refractivity contribution is 0.413. The van der Waals surface area contributed by atoms with E-state index in [9.17, 15) is 5.26 Å². The molecule has 5 aromatic rings. The maximum Gasteiger partial charge on any atom is 0.183 e. The summed E-state index contributed by atoms with van der Waals surface area (Å²) in [5, 5.41) is 18.5.